The minimum Gasteiger partial charge on any atom is -0.492 e. The topological polar surface area (TPSA) is 21.3 Å². The van der Waals surface area contributed by atoms with E-state index in [4.69, 9.17) is 22.8 Å². The van der Waals surface area contributed by atoms with E-state index in [0.717, 1.165) is 12.3 Å². The Morgan fingerprint density at radius 3 is 2.71 bits per heavy atom. The van der Waals surface area contributed by atoms with Crippen molar-refractivity contribution in [3.63, 3.8) is 0 Å². The third kappa shape index (κ3) is 4.18. The van der Waals surface area contributed by atoms with E-state index in [0.29, 0.717) is 18.2 Å². The molecule has 0 fully saturated rings. The lowest BCUT2D eigenvalue weighted by Gasteiger charge is -2.05. The van der Waals surface area contributed by atoms with Gasteiger partial charge >= 0.3 is 0 Å². The van der Waals surface area contributed by atoms with Crippen LogP contribution in [0.25, 0.3) is 0 Å². The summed E-state index contributed by atoms with van der Waals surface area (Å²) in [6.07, 6.45) is 5.07. The summed E-state index contributed by atoms with van der Waals surface area (Å²) in [5, 5.41) is 3.74. The van der Waals surface area contributed by atoms with Gasteiger partial charge in [-0.2, -0.15) is 0 Å². The van der Waals surface area contributed by atoms with E-state index >= 15 is 0 Å². The molecule has 2 nitrogen and oxygen atoms in total. The molecule has 1 aromatic rings. The molecule has 0 unspecified atom stereocenters. The molecule has 0 spiro atoms. The van der Waals surface area contributed by atoms with Crippen molar-refractivity contribution in [2.45, 2.75) is 0 Å². The fraction of sp³-hybridized carbons (Fsp3) is 0.273. The van der Waals surface area contributed by atoms with Crippen molar-refractivity contribution >= 4 is 11.6 Å². The monoisotopic (exact) mass is 209 g/mol. The molecule has 1 rings (SSSR count). The third-order valence-electron chi connectivity index (χ3n) is 1.59. The summed E-state index contributed by atoms with van der Waals surface area (Å²) in [7, 11) is 0. The van der Waals surface area contributed by atoms with Crippen LogP contribution in [0, 0.1) is 12.3 Å². The summed E-state index contributed by atoms with van der Waals surface area (Å²) in [6, 6.07) is 7.27. The molecule has 0 amide bonds. The van der Waals surface area contributed by atoms with E-state index < -0.39 is 0 Å². The Hall–Kier alpha value is -1.17. The molecule has 1 N–H and O–H groups in total. The zero-order chi connectivity index (χ0) is 10.2. The molecule has 74 valence electrons. The molecule has 0 aromatic heterocycles. The van der Waals surface area contributed by atoms with E-state index in [1.165, 1.54) is 0 Å². The first-order valence-corrected chi connectivity index (χ1v) is 4.73. The summed E-state index contributed by atoms with van der Waals surface area (Å²) < 4.78 is 5.42. The Kier molecular flexibility index (Phi) is 4.92. The summed E-state index contributed by atoms with van der Waals surface area (Å²) in [5.74, 6) is 3.31. The molecule has 3 heteroatoms. The van der Waals surface area contributed by atoms with Gasteiger partial charge in [-0.1, -0.05) is 17.5 Å². The molecule has 0 aliphatic rings. The molecule has 0 atom stereocenters. The van der Waals surface area contributed by atoms with Gasteiger partial charge < -0.3 is 10.1 Å². The predicted octanol–water partition coefficient (Wildman–Crippen LogP) is 1.94. The Balaban J connectivity index is 2.19. The largest absolute Gasteiger partial charge is 0.492 e. The number of ether oxygens (including phenoxy) is 1. The fourth-order valence-electron chi connectivity index (χ4n) is 0.932. The van der Waals surface area contributed by atoms with Crippen LogP contribution in [0.1, 0.15) is 0 Å². The van der Waals surface area contributed by atoms with E-state index in [-0.39, 0.29) is 0 Å². The molecular formula is C11H12ClNO. The molecule has 0 saturated carbocycles. The normalized spacial score (nSPS) is 9.43. The van der Waals surface area contributed by atoms with Crippen LogP contribution in [0.4, 0.5) is 0 Å². The van der Waals surface area contributed by atoms with E-state index in [1.54, 1.807) is 12.1 Å². The van der Waals surface area contributed by atoms with Crippen molar-refractivity contribution in [1.29, 1.82) is 0 Å². The highest BCUT2D eigenvalue weighted by Gasteiger charge is 1.92. The van der Waals surface area contributed by atoms with Gasteiger partial charge in [0.15, 0.2) is 0 Å². The zero-order valence-corrected chi connectivity index (χ0v) is 8.55. The minimum atomic E-state index is 0.573. The number of benzene rings is 1. The molecule has 14 heavy (non-hydrogen) atoms. The summed E-state index contributed by atoms with van der Waals surface area (Å²) in [5.41, 5.74) is 0. The van der Waals surface area contributed by atoms with Gasteiger partial charge in [-0.15, -0.1) is 6.42 Å². The van der Waals surface area contributed by atoms with E-state index in [9.17, 15) is 0 Å². The average molecular weight is 210 g/mol. The van der Waals surface area contributed by atoms with E-state index in [2.05, 4.69) is 11.2 Å². The molecule has 0 aliphatic heterocycles. The first-order chi connectivity index (χ1) is 6.83. The third-order valence-corrected chi connectivity index (χ3v) is 1.84. The van der Waals surface area contributed by atoms with E-state index in [1.807, 2.05) is 12.1 Å². The van der Waals surface area contributed by atoms with Gasteiger partial charge in [0.1, 0.15) is 12.4 Å². The Morgan fingerprint density at radius 2 is 2.07 bits per heavy atom. The first-order valence-electron chi connectivity index (χ1n) is 4.35. The van der Waals surface area contributed by atoms with Crippen LogP contribution >= 0.6 is 11.6 Å². The quantitative estimate of drug-likeness (QED) is 0.591. The maximum absolute atomic E-state index is 5.72. The maximum Gasteiger partial charge on any atom is 0.119 e. The molecule has 0 aliphatic carbocycles. The smallest absolute Gasteiger partial charge is 0.119 e. The van der Waals surface area contributed by atoms with Crippen LogP contribution in [0.5, 0.6) is 5.75 Å². The zero-order valence-electron chi connectivity index (χ0n) is 7.79. The number of nitrogens with one attached hydrogen (secondary N) is 1. The lowest BCUT2D eigenvalue weighted by atomic mass is 10.3. The van der Waals surface area contributed by atoms with Crippen LogP contribution < -0.4 is 10.1 Å². The molecular weight excluding hydrogens is 198 g/mol. The second-order valence-electron chi connectivity index (χ2n) is 2.68. The summed E-state index contributed by atoms with van der Waals surface area (Å²) >= 11 is 5.72. The number of terminal acetylenes is 1. The second kappa shape index (κ2) is 6.31. The lowest BCUT2D eigenvalue weighted by molar-refractivity contribution is 0.317. The fourth-order valence-corrected chi connectivity index (χ4v) is 1.06. The Morgan fingerprint density at radius 1 is 1.36 bits per heavy atom. The predicted molar refractivity (Wildman–Crippen MR) is 58.6 cm³/mol. The van der Waals surface area contributed by atoms with Gasteiger partial charge in [0.25, 0.3) is 0 Å². The Bertz CT molecular complexity index is 302. The van der Waals surface area contributed by atoms with Crippen LogP contribution in [0.15, 0.2) is 24.3 Å². The van der Waals surface area contributed by atoms with Crippen molar-refractivity contribution < 1.29 is 4.74 Å². The summed E-state index contributed by atoms with van der Waals surface area (Å²) in [6.45, 7) is 1.92. The minimum absolute atomic E-state index is 0.573. The molecule has 0 saturated heterocycles. The molecule has 0 heterocycles. The van der Waals surface area contributed by atoms with Crippen LogP contribution in [-0.2, 0) is 0 Å². The van der Waals surface area contributed by atoms with Gasteiger partial charge in [-0.05, 0) is 24.3 Å². The van der Waals surface area contributed by atoms with Crippen molar-refractivity contribution in [3.8, 4) is 18.1 Å². The highest BCUT2D eigenvalue weighted by Crippen LogP contribution is 2.14. The van der Waals surface area contributed by atoms with Crippen molar-refractivity contribution in [1.82, 2.24) is 5.32 Å². The van der Waals surface area contributed by atoms with Crippen molar-refractivity contribution in [3.05, 3.63) is 29.3 Å². The molecule has 0 bridgehead atoms. The first kappa shape index (κ1) is 10.9. The summed E-state index contributed by atoms with van der Waals surface area (Å²) in [4.78, 5) is 0. The number of hydrogen-bond acceptors (Lipinski definition) is 2. The average Bonchev–Trinajstić information content (AvgIpc) is 2.21. The Labute approximate surface area is 89.2 Å². The standard InChI is InChI=1S/C11H12ClNO/c1-2-7-13-8-9-14-11-5-3-10(12)4-6-11/h1,3-6,13H,7-9H2. The highest BCUT2D eigenvalue weighted by molar-refractivity contribution is 6.30. The SMILES string of the molecule is C#CCNCCOc1ccc(Cl)cc1. The maximum atomic E-state index is 5.72. The molecule has 0 radical (unpaired) electrons. The van der Waals surface area contributed by atoms with Crippen molar-refractivity contribution in [2.75, 3.05) is 19.7 Å². The second-order valence-corrected chi connectivity index (χ2v) is 3.12. The van der Waals surface area contributed by atoms with Crippen LogP contribution in [0.2, 0.25) is 5.02 Å². The molecule has 1 aromatic carbocycles. The van der Waals surface area contributed by atoms with Crippen LogP contribution in [0.3, 0.4) is 0 Å². The number of halogens is 1. The van der Waals surface area contributed by atoms with Gasteiger partial charge in [0.05, 0.1) is 6.54 Å². The lowest BCUT2D eigenvalue weighted by Crippen LogP contribution is -2.21. The van der Waals surface area contributed by atoms with Gasteiger partial charge in [0, 0.05) is 11.6 Å². The van der Waals surface area contributed by atoms with Gasteiger partial charge in [0.2, 0.25) is 0 Å². The number of rotatable bonds is 5. The van der Waals surface area contributed by atoms with Crippen molar-refractivity contribution in [2.24, 2.45) is 0 Å². The highest BCUT2D eigenvalue weighted by atomic mass is 35.5. The van der Waals surface area contributed by atoms with Gasteiger partial charge in [-0.3, -0.25) is 0 Å². The van der Waals surface area contributed by atoms with Crippen LogP contribution in [-0.4, -0.2) is 19.7 Å². The number of hydrogen-bond donors (Lipinski definition) is 1. The van der Waals surface area contributed by atoms with Gasteiger partial charge in [-0.25, -0.2) is 0 Å².